The molecule has 5 heteroatoms. The molecule has 1 heterocycles. The van der Waals surface area contributed by atoms with E-state index in [1.165, 1.54) is 12.8 Å². The zero-order valence-electron chi connectivity index (χ0n) is 11.9. The van der Waals surface area contributed by atoms with E-state index < -0.39 is 0 Å². The van der Waals surface area contributed by atoms with Gasteiger partial charge in [0.1, 0.15) is 17.5 Å². The Morgan fingerprint density at radius 2 is 2.15 bits per heavy atom. The average molecular weight is 274 g/mol. The van der Waals surface area contributed by atoms with E-state index in [2.05, 4.69) is 15.4 Å². The van der Waals surface area contributed by atoms with Crippen molar-refractivity contribution in [1.82, 2.24) is 20.1 Å². The molecule has 1 aliphatic rings. The maximum atomic E-state index is 13.9. The van der Waals surface area contributed by atoms with Gasteiger partial charge >= 0.3 is 0 Å². The Labute approximate surface area is 118 Å². The van der Waals surface area contributed by atoms with Crippen LogP contribution in [0.4, 0.5) is 4.39 Å². The molecule has 1 aliphatic carbocycles. The van der Waals surface area contributed by atoms with Crippen LogP contribution in [0.1, 0.15) is 35.6 Å². The van der Waals surface area contributed by atoms with Gasteiger partial charge in [-0.2, -0.15) is 5.10 Å². The van der Waals surface area contributed by atoms with Crippen molar-refractivity contribution in [2.75, 3.05) is 0 Å². The predicted molar refractivity (Wildman–Crippen MR) is 74.9 cm³/mol. The Morgan fingerprint density at radius 3 is 2.80 bits per heavy atom. The van der Waals surface area contributed by atoms with Crippen LogP contribution >= 0.6 is 0 Å². The summed E-state index contributed by atoms with van der Waals surface area (Å²) in [4.78, 5) is 4.24. The molecule has 0 amide bonds. The summed E-state index contributed by atoms with van der Waals surface area (Å²) in [6.45, 7) is 4.95. The fourth-order valence-corrected chi connectivity index (χ4v) is 2.28. The van der Waals surface area contributed by atoms with Gasteiger partial charge in [-0.15, -0.1) is 0 Å². The minimum atomic E-state index is -0.187. The van der Waals surface area contributed by atoms with Gasteiger partial charge in [0, 0.05) is 18.2 Å². The van der Waals surface area contributed by atoms with Crippen LogP contribution in [0.2, 0.25) is 0 Å². The zero-order chi connectivity index (χ0) is 14.1. The van der Waals surface area contributed by atoms with Gasteiger partial charge in [-0.05, 0) is 44.4 Å². The average Bonchev–Trinajstić information content (AvgIpc) is 3.17. The molecule has 0 radical (unpaired) electrons. The number of aromatic nitrogens is 3. The Morgan fingerprint density at radius 1 is 1.35 bits per heavy atom. The SMILES string of the molecule is Cc1nc(C)n(Cc2cc(CNC3CC3)ccc2F)n1. The smallest absolute Gasteiger partial charge is 0.147 e. The Balaban J connectivity index is 1.76. The number of hydrogen-bond acceptors (Lipinski definition) is 3. The first kappa shape index (κ1) is 13.2. The van der Waals surface area contributed by atoms with Gasteiger partial charge in [0.15, 0.2) is 0 Å². The largest absolute Gasteiger partial charge is 0.310 e. The normalized spacial score (nSPS) is 14.8. The molecule has 1 aromatic heterocycles. The molecule has 1 aromatic carbocycles. The van der Waals surface area contributed by atoms with Gasteiger partial charge in [0.2, 0.25) is 0 Å². The molecule has 0 bridgehead atoms. The van der Waals surface area contributed by atoms with Gasteiger partial charge in [0.05, 0.1) is 6.54 Å². The molecule has 1 fully saturated rings. The lowest BCUT2D eigenvalue weighted by molar-refractivity contribution is 0.575. The highest BCUT2D eigenvalue weighted by Gasteiger charge is 2.20. The van der Waals surface area contributed by atoms with Crippen LogP contribution in [-0.2, 0) is 13.1 Å². The van der Waals surface area contributed by atoms with Crippen LogP contribution < -0.4 is 5.32 Å². The third-order valence-electron chi connectivity index (χ3n) is 3.57. The van der Waals surface area contributed by atoms with Gasteiger partial charge in [-0.1, -0.05) is 6.07 Å². The van der Waals surface area contributed by atoms with Crippen LogP contribution in [0.25, 0.3) is 0 Å². The molecule has 0 spiro atoms. The minimum Gasteiger partial charge on any atom is -0.310 e. The van der Waals surface area contributed by atoms with Crippen LogP contribution in [-0.4, -0.2) is 20.8 Å². The number of benzene rings is 1. The minimum absolute atomic E-state index is 0.187. The second kappa shape index (κ2) is 5.32. The van der Waals surface area contributed by atoms with E-state index in [-0.39, 0.29) is 5.82 Å². The molecule has 0 aliphatic heterocycles. The lowest BCUT2D eigenvalue weighted by Crippen LogP contribution is -2.16. The number of nitrogens with zero attached hydrogens (tertiary/aromatic N) is 3. The monoisotopic (exact) mass is 274 g/mol. The van der Waals surface area contributed by atoms with Crippen molar-refractivity contribution in [2.45, 2.75) is 45.8 Å². The van der Waals surface area contributed by atoms with Gasteiger partial charge in [-0.25, -0.2) is 14.1 Å². The van der Waals surface area contributed by atoms with Crippen LogP contribution in [0.5, 0.6) is 0 Å². The van der Waals surface area contributed by atoms with Crippen LogP contribution in [0.3, 0.4) is 0 Å². The summed E-state index contributed by atoms with van der Waals surface area (Å²) < 4.78 is 15.7. The fourth-order valence-electron chi connectivity index (χ4n) is 2.28. The lowest BCUT2D eigenvalue weighted by Gasteiger charge is -2.08. The maximum absolute atomic E-state index is 13.9. The highest BCUT2D eigenvalue weighted by Crippen LogP contribution is 2.20. The molecule has 0 atom stereocenters. The van der Waals surface area contributed by atoms with E-state index in [0.29, 0.717) is 18.2 Å². The van der Waals surface area contributed by atoms with Crippen molar-refractivity contribution in [1.29, 1.82) is 0 Å². The Bertz CT molecular complexity index is 616. The fraction of sp³-hybridized carbons (Fsp3) is 0.467. The molecule has 3 rings (SSSR count). The van der Waals surface area contributed by atoms with E-state index in [9.17, 15) is 4.39 Å². The van der Waals surface area contributed by atoms with Crippen molar-refractivity contribution in [3.63, 3.8) is 0 Å². The molecule has 4 nitrogen and oxygen atoms in total. The molecule has 1 N–H and O–H groups in total. The van der Waals surface area contributed by atoms with Gasteiger partial charge in [0.25, 0.3) is 0 Å². The molecular weight excluding hydrogens is 255 g/mol. The number of hydrogen-bond donors (Lipinski definition) is 1. The first-order chi connectivity index (χ1) is 9.61. The topological polar surface area (TPSA) is 42.7 Å². The number of nitrogens with one attached hydrogen (secondary N) is 1. The Hall–Kier alpha value is -1.75. The number of aryl methyl sites for hydroxylation is 2. The molecule has 2 aromatic rings. The second-order valence-corrected chi connectivity index (χ2v) is 5.44. The number of halogens is 1. The van der Waals surface area contributed by atoms with Crippen molar-refractivity contribution in [2.24, 2.45) is 0 Å². The summed E-state index contributed by atoms with van der Waals surface area (Å²) in [5.41, 5.74) is 1.77. The van der Waals surface area contributed by atoms with Gasteiger partial charge < -0.3 is 5.32 Å². The quantitative estimate of drug-likeness (QED) is 0.910. The highest BCUT2D eigenvalue weighted by molar-refractivity contribution is 5.25. The maximum Gasteiger partial charge on any atom is 0.147 e. The lowest BCUT2D eigenvalue weighted by atomic mass is 10.1. The summed E-state index contributed by atoms with van der Waals surface area (Å²) in [5.74, 6) is 1.34. The second-order valence-electron chi connectivity index (χ2n) is 5.44. The van der Waals surface area contributed by atoms with Crippen LogP contribution in [0.15, 0.2) is 18.2 Å². The summed E-state index contributed by atoms with van der Waals surface area (Å²) in [6, 6.07) is 5.96. The molecule has 1 saturated carbocycles. The van der Waals surface area contributed by atoms with Crippen LogP contribution in [0, 0.1) is 19.7 Å². The van der Waals surface area contributed by atoms with Crippen molar-refractivity contribution >= 4 is 0 Å². The molecule has 0 unspecified atom stereocenters. The molecule has 0 saturated heterocycles. The molecule has 20 heavy (non-hydrogen) atoms. The first-order valence-electron chi connectivity index (χ1n) is 7.00. The molecular formula is C15H19FN4. The van der Waals surface area contributed by atoms with E-state index >= 15 is 0 Å². The van der Waals surface area contributed by atoms with E-state index in [1.807, 2.05) is 26.0 Å². The Kier molecular flexibility index (Phi) is 3.53. The third kappa shape index (κ3) is 3.04. The summed E-state index contributed by atoms with van der Waals surface area (Å²) >= 11 is 0. The molecule has 106 valence electrons. The van der Waals surface area contributed by atoms with E-state index in [4.69, 9.17) is 0 Å². The zero-order valence-corrected chi connectivity index (χ0v) is 11.9. The van der Waals surface area contributed by atoms with E-state index in [0.717, 1.165) is 23.8 Å². The summed E-state index contributed by atoms with van der Waals surface area (Å²) in [6.07, 6.45) is 2.51. The predicted octanol–water partition coefficient (Wildman–Crippen LogP) is 2.33. The first-order valence-corrected chi connectivity index (χ1v) is 7.00. The van der Waals surface area contributed by atoms with E-state index in [1.54, 1.807) is 10.7 Å². The van der Waals surface area contributed by atoms with Crippen molar-refractivity contribution < 1.29 is 4.39 Å². The number of rotatable bonds is 5. The van der Waals surface area contributed by atoms with Crippen molar-refractivity contribution in [3.8, 4) is 0 Å². The third-order valence-corrected chi connectivity index (χ3v) is 3.57. The van der Waals surface area contributed by atoms with Gasteiger partial charge in [-0.3, -0.25) is 0 Å². The summed E-state index contributed by atoms with van der Waals surface area (Å²) in [7, 11) is 0. The summed E-state index contributed by atoms with van der Waals surface area (Å²) in [5, 5.41) is 7.73. The standard InChI is InChI=1S/C15H19FN4/c1-10-18-11(2)20(19-10)9-13-7-12(3-6-15(13)16)8-17-14-4-5-14/h3,6-7,14,17H,4-5,8-9H2,1-2H3. The highest BCUT2D eigenvalue weighted by atomic mass is 19.1. The van der Waals surface area contributed by atoms with Crippen molar-refractivity contribution in [3.05, 3.63) is 46.8 Å².